The van der Waals surface area contributed by atoms with Gasteiger partial charge in [0.2, 0.25) is 0 Å². The van der Waals surface area contributed by atoms with E-state index < -0.39 is 0 Å². The Bertz CT molecular complexity index is 664. The molecule has 26 heavy (non-hydrogen) atoms. The van der Waals surface area contributed by atoms with Crippen LogP contribution in [0.15, 0.2) is 54.6 Å². The molecule has 1 saturated heterocycles. The highest BCUT2D eigenvalue weighted by atomic mass is 16.5. The molecule has 2 heteroatoms. The minimum Gasteiger partial charge on any atom is -0.378 e. The Balaban J connectivity index is 1.69. The molecule has 1 N–H and O–H groups in total. The number of nitrogens with one attached hydrogen (secondary N) is 1. The molecular formula is C24H33NO. The standard InChI is InChI=1S/C24H33NO/c1-19(2)23-17-24(14-16-26-23,22-11-9-20(3)10-12-22)13-15-25-18-21-7-5-4-6-8-21/h4-12,19,23,25H,13-18H2,1-3H3. The van der Waals surface area contributed by atoms with Gasteiger partial charge in [-0.25, -0.2) is 0 Å². The van der Waals surface area contributed by atoms with Crippen molar-refractivity contribution in [2.45, 2.75) is 58.1 Å². The molecule has 1 aliphatic heterocycles. The lowest BCUT2D eigenvalue weighted by Gasteiger charge is -2.43. The summed E-state index contributed by atoms with van der Waals surface area (Å²) < 4.78 is 6.10. The second kappa shape index (κ2) is 8.83. The van der Waals surface area contributed by atoms with E-state index in [1.807, 2.05) is 0 Å². The molecule has 0 amide bonds. The Morgan fingerprint density at radius 2 is 1.81 bits per heavy atom. The highest BCUT2D eigenvalue weighted by molar-refractivity contribution is 5.30. The molecular weight excluding hydrogens is 318 g/mol. The zero-order chi connectivity index (χ0) is 18.4. The maximum Gasteiger partial charge on any atom is 0.0606 e. The van der Waals surface area contributed by atoms with Gasteiger partial charge in [-0.15, -0.1) is 0 Å². The molecule has 1 heterocycles. The van der Waals surface area contributed by atoms with Crippen LogP contribution in [0.4, 0.5) is 0 Å². The van der Waals surface area contributed by atoms with Crippen molar-refractivity contribution in [3.8, 4) is 0 Å². The highest BCUT2D eigenvalue weighted by Crippen LogP contribution is 2.41. The van der Waals surface area contributed by atoms with E-state index in [0.29, 0.717) is 12.0 Å². The molecule has 2 nitrogen and oxygen atoms in total. The molecule has 0 aliphatic carbocycles. The zero-order valence-corrected chi connectivity index (χ0v) is 16.5. The smallest absolute Gasteiger partial charge is 0.0606 e. The van der Waals surface area contributed by atoms with Crippen LogP contribution in [0.2, 0.25) is 0 Å². The first-order valence-corrected chi connectivity index (χ1v) is 10.0. The predicted octanol–water partition coefficient (Wildman–Crippen LogP) is 5.25. The largest absolute Gasteiger partial charge is 0.378 e. The van der Waals surface area contributed by atoms with Gasteiger partial charge in [0, 0.05) is 18.6 Å². The van der Waals surface area contributed by atoms with Crippen molar-refractivity contribution in [2.75, 3.05) is 13.2 Å². The van der Waals surface area contributed by atoms with E-state index in [-0.39, 0.29) is 5.41 Å². The molecule has 2 aromatic rings. The van der Waals surface area contributed by atoms with E-state index in [1.165, 1.54) is 16.7 Å². The van der Waals surface area contributed by atoms with Crippen molar-refractivity contribution >= 4 is 0 Å². The fourth-order valence-corrected chi connectivity index (χ4v) is 4.08. The fourth-order valence-electron chi connectivity index (χ4n) is 4.08. The Morgan fingerprint density at radius 3 is 2.50 bits per heavy atom. The van der Waals surface area contributed by atoms with Crippen LogP contribution in [0.25, 0.3) is 0 Å². The van der Waals surface area contributed by atoms with Gasteiger partial charge in [-0.1, -0.05) is 74.0 Å². The van der Waals surface area contributed by atoms with Crippen LogP contribution in [0.5, 0.6) is 0 Å². The van der Waals surface area contributed by atoms with Gasteiger partial charge in [0.25, 0.3) is 0 Å². The number of aryl methyl sites for hydroxylation is 1. The van der Waals surface area contributed by atoms with Crippen LogP contribution < -0.4 is 5.32 Å². The molecule has 140 valence electrons. The summed E-state index contributed by atoms with van der Waals surface area (Å²) in [6.07, 6.45) is 3.77. The summed E-state index contributed by atoms with van der Waals surface area (Å²) in [5.41, 5.74) is 4.39. The average molecular weight is 352 g/mol. The van der Waals surface area contributed by atoms with Crippen LogP contribution in [0.3, 0.4) is 0 Å². The lowest BCUT2D eigenvalue weighted by molar-refractivity contribution is -0.0469. The number of rotatable bonds is 7. The Labute approximate surface area is 159 Å². The van der Waals surface area contributed by atoms with Crippen molar-refractivity contribution in [3.05, 3.63) is 71.3 Å². The maximum atomic E-state index is 6.10. The van der Waals surface area contributed by atoms with Crippen molar-refractivity contribution in [1.29, 1.82) is 0 Å². The third kappa shape index (κ3) is 4.75. The van der Waals surface area contributed by atoms with Crippen LogP contribution in [0, 0.1) is 12.8 Å². The first-order valence-electron chi connectivity index (χ1n) is 10.0. The summed E-state index contributed by atoms with van der Waals surface area (Å²) >= 11 is 0. The first kappa shape index (κ1) is 19.1. The topological polar surface area (TPSA) is 21.3 Å². The van der Waals surface area contributed by atoms with Gasteiger partial charge in [-0.3, -0.25) is 0 Å². The summed E-state index contributed by atoms with van der Waals surface area (Å²) in [5.74, 6) is 0.567. The van der Waals surface area contributed by atoms with Crippen LogP contribution in [-0.2, 0) is 16.7 Å². The Morgan fingerprint density at radius 1 is 1.08 bits per heavy atom. The SMILES string of the molecule is Cc1ccc(C2(CCNCc3ccccc3)CCOC(C(C)C)C2)cc1. The number of ether oxygens (including phenoxy) is 1. The summed E-state index contributed by atoms with van der Waals surface area (Å²) in [4.78, 5) is 0. The van der Waals surface area contributed by atoms with Crippen LogP contribution in [-0.4, -0.2) is 19.3 Å². The van der Waals surface area contributed by atoms with E-state index in [4.69, 9.17) is 4.74 Å². The molecule has 2 unspecified atom stereocenters. The fraction of sp³-hybridized carbons (Fsp3) is 0.500. The maximum absolute atomic E-state index is 6.10. The van der Waals surface area contributed by atoms with E-state index in [2.05, 4.69) is 80.7 Å². The normalized spacial score (nSPS) is 23.3. The third-order valence-corrected chi connectivity index (χ3v) is 5.86. The predicted molar refractivity (Wildman–Crippen MR) is 109 cm³/mol. The summed E-state index contributed by atoms with van der Waals surface area (Å²) in [5, 5.41) is 3.66. The average Bonchev–Trinajstić information content (AvgIpc) is 2.67. The van der Waals surface area contributed by atoms with Crippen molar-refractivity contribution < 1.29 is 4.74 Å². The molecule has 2 aromatic carbocycles. The molecule has 0 saturated carbocycles. The van der Waals surface area contributed by atoms with Gasteiger partial charge >= 0.3 is 0 Å². The molecule has 0 bridgehead atoms. The van der Waals surface area contributed by atoms with E-state index in [1.54, 1.807) is 0 Å². The number of hydrogen-bond acceptors (Lipinski definition) is 2. The summed E-state index contributed by atoms with van der Waals surface area (Å²) in [6.45, 7) is 9.57. The number of benzene rings is 2. The Hall–Kier alpha value is -1.64. The number of hydrogen-bond donors (Lipinski definition) is 1. The van der Waals surface area contributed by atoms with E-state index in [9.17, 15) is 0 Å². The molecule has 3 rings (SSSR count). The van der Waals surface area contributed by atoms with Gasteiger partial charge in [0.05, 0.1) is 6.10 Å². The van der Waals surface area contributed by atoms with Crippen molar-refractivity contribution in [2.24, 2.45) is 5.92 Å². The summed E-state index contributed by atoms with van der Waals surface area (Å²) in [6, 6.07) is 19.9. The lowest BCUT2D eigenvalue weighted by atomic mass is 9.68. The Kier molecular flexibility index (Phi) is 6.50. The second-order valence-electron chi connectivity index (χ2n) is 8.17. The molecule has 0 radical (unpaired) electrons. The molecule has 0 aromatic heterocycles. The monoisotopic (exact) mass is 351 g/mol. The van der Waals surface area contributed by atoms with Crippen molar-refractivity contribution in [1.82, 2.24) is 5.32 Å². The first-order chi connectivity index (χ1) is 12.6. The quantitative estimate of drug-likeness (QED) is 0.688. The van der Waals surface area contributed by atoms with Crippen molar-refractivity contribution in [3.63, 3.8) is 0 Å². The third-order valence-electron chi connectivity index (χ3n) is 5.86. The minimum absolute atomic E-state index is 0.227. The lowest BCUT2D eigenvalue weighted by Crippen LogP contribution is -2.42. The van der Waals surface area contributed by atoms with E-state index in [0.717, 1.165) is 39.0 Å². The van der Waals surface area contributed by atoms with Crippen LogP contribution in [0.1, 0.15) is 49.8 Å². The molecule has 0 spiro atoms. The highest BCUT2D eigenvalue weighted by Gasteiger charge is 2.38. The molecule has 1 fully saturated rings. The molecule has 2 atom stereocenters. The van der Waals surface area contributed by atoms with Gasteiger partial charge in [0.1, 0.15) is 0 Å². The summed E-state index contributed by atoms with van der Waals surface area (Å²) in [7, 11) is 0. The van der Waals surface area contributed by atoms with Gasteiger partial charge in [-0.2, -0.15) is 0 Å². The van der Waals surface area contributed by atoms with Gasteiger partial charge in [-0.05, 0) is 49.8 Å². The minimum atomic E-state index is 0.227. The molecule has 1 aliphatic rings. The second-order valence-corrected chi connectivity index (χ2v) is 8.17. The zero-order valence-electron chi connectivity index (χ0n) is 16.5. The van der Waals surface area contributed by atoms with Crippen LogP contribution >= 0.6 is 0 Å². The van der Waals surface area contributed by atoms with Gasteiger partial charge in [0.15, 0.2) is 0 Å². The van der Waals surface area contributed by atoms with E-state index >= 15 is 0 Å². The van der Waals surface area contributed by atoms with Gasteiger partial charge < -0.3 is 10.1 Å².